The van der Waals surface area contributed by atoms with Gasteiger partial charge in [0.05, 0.1) is 6.54 Å². The Balaban J connectivity index is 1.48. The number of benzene rings is 3. The second-order valence-electron chi connectivity index (χ2n) is 7.15. The Hall–Kier alpha value is -3.70. The van der Waals surface area contributed by atoms with Gasteiger partial charge in [0.15, 0.2) is 0 Å². The Morgan fingerprint density at radius 3 is 2.22 bits per heavy atom. The molecule has 4 rings (SSSR count). The van der Waals surface area contributed by atoms with Gasteiger partial charge in [-0.1, -0.05) is 41.9 Å². The van der Waals surface area contributed by atoms with Gasteiger partial charge in [-0.15, -0.1) is 0 Å². The Morgan fingerprint density at radius 1 is 0.875 bits per heavy atom. The number of aromatic nitrogens is 1. The molecule has 0 N–H and O–H groups in total. The molecular weight excluding hydrogens is 427 g/mol. The minimum absolute atomic E-state index is 0.258. The fraction of sp³-hybridized carbons (Fsp3) is 0.0769. The highest BCUT2D eigenvalue weighted by Crippen LogP contribution is 2.21. The molecule has 0 saturated heterocycles. The largest absolute Gasteiger partial charge is 0.489 e. The maximum absolute atomic E-state index is 13.3. The van der Waals surface area contributed by atoms with Gasteiger partial charge >= 0.3 is 0 Å². The highest BCUT2D eigenvalue weighted by Gasteiger charge is 2.19. The van der Waals surface area contributed by atoms with Crippen molar-refractivity contribution in [2.24, 2.45) is 0 Å². The number of amides is 1. The minimum Gasteiger partial charge on any atom is -0.489 e. The second kappa shape index (κ2) is 10.1. The van der Waals surface area contributed by atoms with Gasteiger partial charge in [-0.25, -0.2) is 9.37 Å². The number of hydrogen-bond donors (Lipinski definition) is 0. The fourth-order valence-corrected chi connectivity index (χ4v) is 3.27. The van der Waals surface area contributed by atoms with Crippen molar-refractivity contribution >= 4 is 23.3 Å². The second-order valence-corrected chi connectivity index (χ2v) is 7.58. The van der Waals surface area contributed by atoms with Crippen LogP contribution in [0.3, 0.4) is 0 Å². The van der Waals surface area contributed by atoms with Crippen LogP contribution in [0.15, 0.2) is 97.2 Å². The molecule has 1 aromatic heterocycles. The lowest BCUT2D eigenvalue weighted by atomic mass is 10.1. The van der Waals surface area contributed by atoms with E-state index in [-0.39, 0.29) is 11.7 Å². The van der Waals surface area contributed by atoms with Crippen LogP contribution in [0.5, 0.6) is 5.75 Å². The van der Waals surface area contributed by atoms with E-state index in [2.05, 4.69) is 4.98 Å². The quantitative estimate of drug-likeness (QED) is 0.334. The molecule has 4 nitrogen and oxygen atoms in total. The van der Waals surface area contributed by atoms with E-state index in [9.17, 15) is 9.18 Å². The molecule has 0 radical (unpaired) electrons. The first kappa shape index (κ1) is 21.5. The van der Waals surface area contributed by atoms with Crippen molar-refractivity contribution < 1.29 is 13.9 Å². The van der Waals surface area contributed by atoms with E-state index in [1.54, 1.807) is 23.2 Å². The summed E-state index contributed by atoms with van der Waals surface area (Å²) >= 11 is 5.91. The van der Waals surface area contributed by atoms with Crippen molar-refractivity contribution in [2.75, 3.05) is 4.90 Å². The molecule has 0 fully saturated rings. The lowest BCUT2D eigenvalue weighted by Gasteiger charge is -2.22. The van der Waals surface area contributed by atoms with E-state index in [4.69, 9.17) is 16.3 Å². The summed E-state index contributed by atoms with van der Waals surface area (Å²) in [7, 11) is 0. The Bertz CT molecular complexity index is 1170. The molecule has 0 bridgehead atoms. The number of rotatable bonds is 7. The van der Waals surface area contributed by atoms with Crippen molar-refractivity contribution in [3.63, 3.8) is 0 Å². The molecule has 160 valence electrons. The lowest BCUT2D eigenvalue weighted by Crippen LogP contribution is -2.31. The predicted octanol–water partition coefficient (Wildman–Crippen LogP) is 6.30. The normalized spacial score (nSPS) is 10.6. The Labute approximate surface area is 190 Å². The topological polar surface area (TPSA) is 42.4 Å². The first-order valence-corrected chi connectivity index (χ1v) is 10.4. The van der Waals surface area contributed by atoms with Crippen LogP contribution in [0.1, 0.15) is 21.5 Å². The third-order valence-corrected chi connectivity index (χ3v) is 5.10. The molecule has 32 heavy (non-hydrogen) atoms. The summed E-state index contributed by atoms with van der Waals surface area (Å²) < 4.78 is 19.1. The number of ether oxygens (including phenoxy) is 1. The van der Waals surface area contributed by atoms with E-state index < -0.39 is 0 Å². The highest BCUT2D eigenvalue weighted by atomic mass is 35.5. The van der Waals surface area contributed by atoms with Gasteiger partial charge in [-0.05, 0) is 71.8 Å². The highest BCUT2D eigenvalue weighted by molar-refractivity contribution is 6.30. The molecule has 0 unspecified atom stereocenters. The number of anilines is 1. The average Bonchev–Trinajstić information content (AvgIpc) is 2.83. The average molecular weight is 447 g/mol. The molecule has 0 atom stereocenters. The van der Waals surface area contributed by atoms with Crippen LogP contribution in [-0.4, -0.2) is 10.9 Å². The van der Waals surface area contributed by atoms with Crippen molar-refractivity contribution in [1.82, 2.24) is 4.98 Å². The van der Waals surface area contributed by atoms with Gasteiger partial charge in [-0.3, -0.25) is 9.69 Å². The van der Waals surface area contributed by atoms with Gasteiger partial charge in [0.25, 0.3) is 5.91 Å². The van der Waals surface area contributed by atoms with Crippen LogP contribution in [0.4, 0.5) is 10.2 Å². The number of carbonyl (C=O) groups excluding carboxylic acids is 1. The monoisotopic (exact) mass is 446 g/mol. The van der Waals surface area contributed by atoms with Gasteiger partial charge in [0.1, 0.15) is 24.0 Å². The van der Waals surface area contributed by atoms with Crippen LogP contribution in [0.25, 0.3) is 0 Å². The Kier molecular flexibility index (Phi) is 6.78. The molecule has 0 spiro atoms. The Morgan fingerprint density at radius 2 is 1.56 bits per heavy atom. The molecule has 4 aromatic rings. The van der Waals surface area contributed by atoms with Crippen molar-refractivity contribution in [3.8, 4) is 5.75 Å². The molecule has 0 saturated carbocycles. The van der Waals surface area contributed by atoms with E-state index in [1.165, 1.54) is 24.3 Å². The minimum atomic E-state index is -0.389. The van der Waals surface area contributed by atoms with Crippen molar-refractivity contribution in [2.45, 2.75) is 13.2 Å². The molecule has 1 heterocycles. The molecule has 6 heteroatoms. The summed E-state index contributed by atoms with van der Waals surface area (Å²) in [6.07, 6.45) is 1.63. The van der Waals surface area contributed by atoms with E-state index in [0.29, 0.717) is 29.6 Å². The van der Waals surface area contributed by atoms with Crippen LogP contribution in [-0.2, 0) is 13.2 Å². The van der Waals surface area contributed by atoms with E-state index >= 15 is 0 Å². The van der Waals surface area contributed by atoms with Crippen LogP contribution in [0.2, 0.25) is 5.02 Å². The van der Waals surface area contributed by atoms with Crippen LogP contribution in [0, 0.1) is 5.82 Å². The van der Waals surface area contributed by atoms with Crippen LogP contribution < -0.4 is 9.64 Å². The summed E-state index contributed by atoms with van der Waals surface area (Å²) in [6, 6.07) is 25.9. The summed E-state index contributed by atoms with van der Waals surface area (Å²) in [6.45, 7) is 0.740. The number of carbonyl (C=O) groups is 1. The SMILES string of the molecule is O=C(c1ccc(F)cc1)N(Cc1ccc(OCc2ccc(Cl)cc2)cc1)c1ccccn1. The smallest absolute Gasteiger partial charge is 0.259 e. The molecule has 0 aliphatic rings. The van der Waals surface area contributed by atoms with Gasteiger partial charge in [0, 0.05) is 16.8 Å². The van der Waals surface area contributed by atoms with Crippen LogP contribution >= 0.6 is 11.6 Å². The fourth-order valence-electron chi connectivity index (χ4n) is 3.14. The number of hydrogen-bond acceptors (Lipinski definition) is 3. The summed E-state index contributed by atoms with van der Waals surface area (Å²) in [4.78, 5) is 19.0. The number of nitrogens with zero attached hydrogens (tertiary/aromatic N) is 2. The van der Waals surface area contributed by atoms with Gasteiger partial charge in [-0.2, -0.15) is 0 Å². The van der Waals surface area contributed by atoms with Gasteiger partial charge in [0.2, 0.25) is 0 Å². The first-order chi connectivity index (χ1) is 15.6. The molecular formula is C26H20ClFN2O2. The van der Waals surface area contributed by atoms with Crippen molar-refractivity contribution in [1.29, 1.82) is 0 Å². The summed E-state index contributed by atoms with van der Waals surface area (Å²) in [5.74, 6) is 0.592. The predicted molar refractivity (Wildman–Crippen MR) is 123 cm³/mol. The standard InChI is InChI=1S/C26H20ClFN2O2/c27-22-10-4-20(5-11-22)18-32-24-14-6-19(7-15-24)17-30(25-3-1-2-16-29-25)26(31)21-8-12-23(28)13-9-21/h1-16H,17-18H2. The zero-order valence-electron chi connectivity index (χ0n) is 17.1. The number of pyridine rings is 1. The molecule has 0 aliphatic carbocycles. The summed E-state index contributed by atoms with van der Waals surface area (Å²) in [5, 5.41) is 0.686. The lowest BCUT2D eigenvalue weighted by molar-refractivity contribution is 0.0984. The molecule has 3 aromatic carbocycles. The zero-order chi connectivity index (χ0) is 22.3. The maximum atomic E-state index is 13.3. The number of halogens is 2. The molecule has 1 amide bonds. The maximum Gasteiger partial charge on any atom is 0.259 e. The third kappa shape index (κ3) is 5.50. The van der Waals surface area contributed by atoms with Crippen molar-refractivity contribution in [3.05, 3.63) is 125 Å². The summed E-state index contributed by atoms with van der Waals surface area (Å²) in [5.41, 5.74) is 2.31. The van der Waals surface area contributed by atoms with E-state index in [0.717, 1.165) is 16.9 Å². The molecule has 0 aliphatic heterocycles. The van der Waals surface area contributed by atoms with Gasteiger partial charge < -0.3 is 4.74 Å². The zero-order valence-corrected chi connectivity index (χ0v) is 17.9. The first-order valence-electron chi connectivity index (χ1n) is 10.0. The van der Waals surface area contributed by atoms with E-state index in [1.807, 2.05) is 54.6 Å². The third-order valence-electron chi connectivity index (χ3n) is 4.84.